The highest BCUT2D eigenvalue weighted by Gasteiger charge is 2.14. The number of anilines is 1. The lowest BCUT2D eigenvalue weighted by molar-refractivity contribution is 0.768. The van der Waals surface area contributed by atoms with Crippen LogP contribution in [0.2, 0.25) is 0 Å². The molecule has 86 valence electrons. The second-order valence-electron chi connectivity index (χ2n) is 3.69. The number of nitrogens with zero attached hydrogens (tertiary/aromatic N) is 5. The molecule has 0 fully saturated rings. The van der Waals surface area contributed by atoms with Gasteiger partial charge in [-0.25, -0.2) is 9.50 Å². The molecule has 0 atom stereocenters. The number of nitrogen functional groups attached to an aromatic ring is 1. The van der Waals surface area contributed by atoms with Crippen molar-refractivity contribution in [3.63, 3.8) is 0 Å². The fraction of sp³-hybridized carbons (Fsp3) is 0.100. The first-order chi connectivity index (χ1) is 8.16. The van der Waals surface area contributed by atoms with Crippen molar-refractivity contribution in [2.45, 2.75) is 0 Å². The molecule has 0 aliphatic heterocycles. The van der Waals surface area contributed by atoms with Gasteiger partial charge in [0.15, 0.2) is 5.82 Å². The predicted molar refractivity (Wildman–Crippen MR) is 67.3 cm³/mol. The van der Waals surface area contributed by atoms with E-state index in [0.29, 0.717) is 5.82 Å². The van der Waals surface area contributed by atoms with E-state index in [9.17, 15) is 0 Å². The summed E-state index contributed by atoms with van der Waals surface area (Å²) in [6.45, 7) is 0. The summed E-state index contributed by atoms with van der Waals surface area (Å²) in [5.74, 6) is 0.449. The van der Waals surface area contributed by atoms with Crippen LogP contribution in [0.15, 0.2) is 29.4 Å². The van der Waals surface area contributed by atoms with Crippen molar-refractivity contribution in [1.82, 2.24) is 24.4 Å². The van der Waals surface area contributed by atoms with E-state index >= 15 is 0 Å². The summed E-state index contributed by atoms with van der Waals surface area (Å²) < 4.78 is 4.29. The molecule has 17 heavy (non-hydrogen) atoms. The molecule has 6 nitrogen and oxygen atoms in total. The van der Waals surface area contributed by atoms with Crippen LogP contribution in [0.25, 0.3) is 16.6 Å². The zero-order valence-corrected chi connectivity index (χ0v) is 10.6. The SMILES string of the molecule is Cn1cc(-c2cc(Br)n3ncnc(N)c23)cn1. The lowest BCUT2D eigenvalue weighted by Gasteiger charge is -1.99. The Bertz CT molecular complexity index is 698. The third-order valence-electron chi connectivity index (χ3n) is 2.56. The quantitative estimate of drug-likeness (QED) is 0.737. The molecular weight excluding hydrogens is 284 g/mol. The summed E-state index contributed by atoms with van der Waals surface area (Å²) in [4.78, 5) is 4.01. The molecule has 0 bridgehead atoms. The van der Waals surface area contributed by atoms with Gasteiger partial charge in [0.25, 0.3) is 0 Å². The fourth-order valence-electron chi connectivity index (χ4n) is 1.81. The highest BCUT2D eigenvalue weighted by Crippen LogP contribution is 2.31. The third kappa shape index (κ3) is 1.50. The maximum Gasteiger partial charge on any atom is 0.152 e. The number of hydrogen-bond acceptors (Lipinski definition) is 4. The Labute approximate surface area is 105 Å². The van der Waals surface area contributed by atoms with Crippen molar-refractivity contribution in [1.29, 1.82) is 0 Å². The summed E-state index contributed by atoms with van der Waals surface area (Å²) in [5, 5.41) is 8.30. The minimum absolute atomic E-state index is 0.449. The van der Waals surface area contributed by atoms with Gasteiger partial charge in [0.2, 0.25) is 0 Å². The highest BCUT2D eigenvalue weighted by atomic mass is 79.9. The minimum atomic E-state index is 0.449. The number of nitrogens with two attached hydrogens (primary N) is 1. The summed E-state index contributed by atoms with van der Waals surface area (Å²) in [6.07, 6.45) is 5.14. The predicted octanol–water partition coefficient (Wildman–Crippen LogP) is 1.47. The van der Waals surface area contributed by atoms with Gasteiger partial charge in [0, 0.05) is 24.4 Å². The van der Waals surface area contributed by atoms with Gasteiger partial charge in [0.1, 0.15) is 16.4 Å². The Morgan fingerprint density at radius 2 is 2.18 bits per heavy atom. The van der Waals surface area contributed by atoms with Gasteiger partial charge in [-0.3, -0.25) is 4.68 Å². The normalized spacial score (nSPS) is 11.2. The number of aromatic nitrogens is 5. The topological polar surface area (TPSA) is 74.0 Å². The molecule has 3 aromatic heterocycles. The smallest absolute Gasteiger partial charge is 0.152 e. The Kier molecular flexibility index (Phi) is 2.15. The molecule has 2 N–H and O–H groups in total. The van der Waals surface area contributed by atoms with Crippen LogP contribution in [0.3, 0.4) is 0 Å². The van der Waals surface area contributed by atoms with Crippen LogP contribution in [-0.4, -0.2) is 24.4 Å². The van der Waals surface area contributed by atoms with Crippen molar-refractivity contribution in [2.75, 3.05) is 5.73 Å². The molecule has 0 aliphatic carbocycles. The number of hydrogen-bond donors (Lipinski definition) is 1. The average Bonchev–Trinajstić information content (AvgIpc) is 2.85. The molecule has 0 radical (unpaired) electrons. The Morgan fingerprint density at radius 3 is 2.88 bits per heavy atom. The molecule has 3 aromatic rings. The standard InChI is InChI=1S/C10H9BrN6/c1-16-4-6(3-14-16)7-2-8(11)17-9(7)10(12)13-5-15-17/h2-5H,1H3,(H2,12,13,15). The van der Waals surface area contributed by atoms with Crippen molar-refractivity contribution in [2.24, 2.45) is 7.05 Å². The van der Waals surface area contributed by atoms with Gasteiger partial charge in [-0.2, -0.15) is 10.2 Å². The average molecular weight is 293 g/mol. The van der Waals surface area contributed by atoms with Crippen LogP contribution >= 0.6 is 15.9 Å². The lowest BCUT2D eigenvalue weighted by atomic mass is 10.1. The molecule has 3 rings (SSSR count). The molecule has 0 saturated carbocycles. The summed E-state index contributed by atoms with van der Waals surface area (Å²) in [5.41, 5.74) is 8.62. The third-order valence-corrected chi connectivity index (χ3v) is 3.12. The molecule has 0 aromatic carbocycles. The summed E-state index contributed by atoms with van der Waals surface area (Å²) in [6, 6.07) is 1.96. The van der Waals surface area contributed by atoms with Gasteiger partial charge >= 0.3 is 0 Å². The second-order valence-corrected chi connectivity index (χ2v) is 4.50. The Hall–Kier alpha value is -1.89. The van der Waals surface area contributed by atoms with E-state index in [1.807, 2.05) is 19.3 Å². The van der Waals surface area contributed by atoms with E-state index in [0.717, 1.165) is 21.2 Å². The first-order valence-electron chi connectivity index (χ1n) is 4.93. The fourth-order valence-corrected chi connectivity index (χ4v) is 2.31. The van der Waals surface area contributed by atoms with E-state index in [1.165, 1.54) is 6.33 Å². The molecule has 0 saturated heterocycles. The molecule has 0 amide bonds. The van der Waals surface area contributed by atoms with E-state index in [2.05, 4.69) is 31.1 Å². The second kappa shape index (κ2) is 3.56. The Balaban J connectivity index is 2.37. The van der Waals surface area contributed by atoms with Gasteiger partial charge < -0.3 is 5.73 Å². The molecule has 7 heteroatoms. The van der Waals surface area contributed by atoms with Crippen LogP contribution in [-0.2, 0) is 7.05 Å². The van der Waals surface area contributed by atoms with Crippen LogP contribution in [0.4, 0.5) is 5.82 Å². The van der Waals surface area contributed by atoms with Crippen LogP contribution in [0.1, 0.15) is 0 Å². The van der Waals surface area contributed by atoms with Gasteiger partial charge in [-0.05, 0) is 22.0 Å². The van der Waals surface area contributed by atoms with Crippen molar-refractivity contribution in [3.05, 3.63) is 29.4 Å². The van der Waals surface area contributed by atoms with E-state index in [4.69, 9.17) is 5.73 Å². The summed E-state index contributed by atoms with van der Waals surface area (Å²) >= 11 is 3.45. The first-order valence-corrected chi connectivity index (χ1v) is 5.73. The van der Waals surface area contributed by atoms with Gasteiger partial charge in [-0.15, -0.1) is 0 Å². The van der Waals surface area contributed by atoms with E-state index in [-0.39, 0.29) is 0 Å². The number of halogens is 1. The zero-order chi connectivity index (χ0) is 12.0. The molecule has 0 aliphatic rings. The molecule has 0 spiro atoms. The monoisotopic (exact) mass is 292 g/mol. The zero-order valence-electron chi connectivity index (χ0n) is 9.00. The van der Waals surface area contributed by atoms with Crippen LogP contribution in [0, 0.1) is 0 Å². The maximum absolute atomic E-state index is 5.89. The summed E-state index contributed by atoms with van der Waals surface area (Å²) in [7, 11) is 1.87. The lowest BCUT2D eigenvalue weighted by Crippen LogP contribution is -1.99. The van der Waals surface area contributed by atoms with E-state index in [1.54, 1.807) is 15.4 Å². The van der Waals surface area contributed by atoms with E-state index < -0.39 is 0 Å². The van der Waals surface area contributed by atoms with Crippen molar-refractivity contribution in [3.8, 4) is 11.1 Å². The van der Waals surface area contributed by atoms with Crippen molar-refractivity contribution < 1.29 is 0 Å². The Morgan fingerprint density at radius 1 is 1.35 bits per heavy atom. The van der Waals surface area contributed by atoms with Gasteiger partial charge in [0.05, 0.1) is 6.20 Å². The molecular formula is C10H9BrN6. The van der Waals surface area contributed by atoms with Crippen LogP contribution < -0.4 is 5.73 Å². The number of rotatable bonds is 1. The minimum Gasteiger partial charge on any atom is -0.382 e. The molecule has 3 heterocycles. The number of aryl methyl sites for hydroxylation is 1. The largest absolute Gasteiger partial charge is 0.382 e. The maximum atomic E-state index is 5.89. The van der Waals surface area contributed by atoms with Crippen molar-refractivity contribution >= 4 is 27.3 Å². The highest BCUT2D eigenvalue weighted by molar-refractivity contribution is 9.10. The van der Waals surface area contributed by atoms with Gasteiger partial charge in [-0.1, -0.05) is 0 Å². The van der Waals surface area contributed by atoms with Crippen LogP contribution in [0.5, 0.6) is 0 Å². The molecule has 0 unspecified atom stereocenters. The number of fused-ring (bicyclic) bond motifs is 1. The first kappa shape index (κ1) is 10.3.